The molecule has 0 bridgehead atoms. The lowest BCUT2D eigenvalue weighted by Gasteiger charge is -2.36. The van der Waals surface area contributed by atoms with Crippen molar-refractivity contribution in [2.45, 2.75) is 6.54 Å². The van der Waals surface area contributed by atoms with Gasteiger partial charge in [-0.3, -0.25) is 9.78 Å². The third-order valence-corrected chi connectivity index (χ3v) is 4.13. The number of hydrogen-bond acceptors (Lipinski definition) is 4. The number of amides is 1. The second kappa shape index (κ2) is 7.88. The lowest BCUT2D eigenvalue weighted by atomic mass is 10.2. The van der Waals surface area contributed by atoms with Gasteiger partial charge in [-0.25, -0.2) is 4.39 Å². The zero-order valence-electron chi connectivity index (χ0n) is 13.5. The molecule has 0 spiro atoms. The number of halogens is 1. The minimum atomic E-state index is -0.214. The lowest BCUT2D eigenvalue weighted by Crippen LogP contribution is -2.51. The summed E-state index contributed by atoms with van der Waals surface area (Å²) >= 11 is 0. The third-order valence-electron chi connectivity index (χ3n) is 4.13. The van der Waals surface area contributed by atoms with Crippen LogP contribution in [-0.2, 0) is 11.3 Å². The Bertz CT molecular complexity index is 672. The average Bonchev–Trinajstić information content (AvgIpc) is 2.63. The molecule has 6 heteroatoms. The van der Waals surface area contributed by atoms with Crippen molar-refractivity contribution < 1.29 is 9.18 Å². The second-order valence-electron chi connectivity index (χ2n) is 5.74. The third kappa shape index (κ3) is 4.08. The van der Waals surface area contributed by atoms with Gasteiger partial charge in [-0.15, -0.1) is 0 Å². The summed E-state index contributed by atoms with van der Waals surface area (Å²) in [5, 5.41) is 3.12. The summed E-state index contributed by atoms with van der Waals surface area (Å²) in [6, 6.07) is 12.5. The van der Waals surface area contributed by atoms with Gasteiger partial charge >= 0.3 is 0 Å². The van der Waals surface area contributed by atoms with Gasteiger partial charge in [0.2, 0.25) is 5.91 Å². The number of pyridine rings is 1. The number of hydrogen-bond donors (Lipinski definition) is 1. The summed E-state index contributed by atoms with van der Waals surface area (Å²) in [7, 11) is 0. The van der Waals surface area contributed by atoms with E-state index in [-0.39, 0.29) is 18.3 Å². The Morgan fingerprint density at radius 1 is 1.08 bits per heavy atom. The van der Waals surface area contributed by atoms with Crippen molar-refractivity contribution in [1.82, 2.24) is 15.2 Å². The molecule has 1 fully saturated rings. The molecule has 3 rings (SSSR count). The Morgan fingerprint density at radius 2 is 1.83 bits per heavy atom. The molecule has 0 unspecified atom stereocenters. The summed E-state index contributed by atoms with van der Waals surface area (Å²) in [4.78, 5) is 20.3. The van der Waals surface area contributed by atoms with Crippen molar-refractivity contribution in [3.05, 3.63) is 60.2 Å². The van der Waals surface area contributed by atoms with E-state index in [9.17, 15) is 9.18 Å². The number of carbonyl (C=O) groups excluding carboxylic acids is 1. The molecule has 1 aromatic heterocycles. The number of piperazine rings is 1. The molecule has 2 heterocycles. The fourth-order valence-corrected chi connectivity index (χ4v) is 2.82. The fourth-order valence-electron chi connectivity index (χ4n) is 2.82. The Kier molecular flexibility index (Phi) is 5.38. The monoisotopic (exact) mass is 328 g/mol. The molecule has 1 amide bonds. The zero-order valence-corrected chi connectivity index (χ0v) is 13.5. The largest absolute Gasteiger partial charge is 0.366 e. The molecular weight excluding hydrogens is 307 g/mol. The molecule has 1 saturated heterocycles. The van der Waals surface area contributed by atoms with E-state index in [1.54, 1.807) is 18.3 Å². The zero-order chi connectivity index (χ0) is 16.8. The molecule has 1 aromatic carbocycles. The van der Waals surface area contributed by atoms with Crippen LogP contribution in [-0.4, -0.2) is 48.5 Å². The van der Waals surface area contributed by atoms with E-state index < -0.39 is 0 Å². The first-order chi connectivity index (χ1) is 11.7. The molecule has 2 aromatic rings. The highest BCUT2D eigenvalue weighted by Gasteiger charge is 2.22. The molecule has 1 aliphatic rings. The van der Waals surface area contributed by atoms with Crippen LogP contribution in [0.2, 0.25) is 0 Å². The van der Waals surface area contributed by atoms with Crippen molar-refractivity contribution in [1.29, 1.82) is 0 Å². The lowest BCUT2D eigenvalue weighted by molar-refractivity contribution is -0.130. The van der Waals surface area contributed by atoms with E-state index in [1.165, 1.54) is 6.07 Å². The Labute approximate surface area is 141 Å². The Hall–Kier alpha value is -2.47. The van der Waals surface area contributed by atoms with Crippen LogP contribution in [0.5, 0.6) is 0 Å². The minimum Gasteiger partial charge on any atom is -0.366 e. The minimum absolute atomic E-state index is 0.0686. The highest BCUT2D eigenvalue weighted by Crippen LogP contribution is 2.20. The van der Waals surface area contributed by atoms with Crippen LogP contribution in [0, 0.1) is 5.82 Å². The first-order valence-corrected chi connectivity index (χ1v) is 8.12. The number of anilines is 1. The first kappa shape index (κ1) is 16.4. The van der Waals surface area contributed by atoms with Crippen LogP contribution in [0.4, 0.5) is 10.1 Å². The molecule has 0 atom stereocenters. The van der Waals surface area contributed by atoms with Gasteiger partial charge in [-0.1, -0.05) is 18.2 Å². The van der Waals surface area contributed by atoms with Crippen LogP contribution < -0.4 is 10.2 Å². The fraction of sp³-hybridized carbons (Fsp3) is 0.333. The van der Waals surface area contributed by atoms with E-state index in [0.717, 1.165) is 5.69 Å². The predicted octanol–water partition coefficient (Wildman–Crippen LogP) is 1.66. The van der Waals surface area contributed by atoms with E-state index in [4.69, 9.17) is 0 Å². The molecule has 1 aliphatic heterocycles. The van der Waals surface area contributed by atoms with Gasteiger partial charge in [0.15, 0.2) is 0 Å². The van der Waals surface area contributed by atoms with E-state index in [1.807, 2.05) is 34.1 Å². The van der Waals surface area contributed by atoms with Crippen LogP contribution in [0.15, 0.2) is 48.7 Å². The van der Waals surface area contributed by atoms with Crippen LogP contribution in [0.25, 0.3) is 0 Å². The number of nitrogens with zero attached hydrogens (tertiary/aromatic N) is 3. The summed E-state index contributed by atoms with van der Waals surface area (Å²) in [6.45, 7) is 3.37. The summed E-state index contributed by atoms with van der Waals surface area (Å²) < 4.78 is 13.8. The standard InChI is InChI=1S/C18H21FN4O/c19-16-6-1-2-7-17(16)22-9-11-23(12-10-22)18(24)14-20-13-15-5-3-4-8-21-15/h1-8,20H,9-14H2. The quantitative estimate of drug-likeness (QED) is 0.907. The number of benzene rings is 1. The summed E-state index contributed by atoms with van der Waals surface area (Å²) in [6.07, 6.45) is 1.74. The van der Waals surface area contributed by atoms with Gasteiger partial charge in [0.05, 0.1) is 17.9 Å². The average molecular weight is 328 g/mol. The number of carbonyl (C=O) groups is 1. The topological polar surface area (TPSA) is 48.5 Å². The highest BCUT2D eigenvalue weighted by molar-refractivity contribution is 5.78. The number of rotatable bonds is 5. The normalized spacial score (nSPS) is 14.7. The Morgan fingerprint density at radius 3 is 2.54 bits per heavy atom. The van der Waals surface area contributed by atoms with E-state index in [2.05, 4.69) is 10.3 Å². The van der Waals surface area contributed by atoms with Gasteiger partial charge in [0.25, 0.3) is 0 Å². The molecule has 24 heavy (non-hydrogen) atoms. The van der Waals surface area contributed by atoms with Crippen LogP contribution >= 0.6 is 0 Å². The molecule has 1 N–H and O–H groups in total. The van der Waals surface area contributed by atoms with Crippen molar-refractivity contribution in [2.75, 3.05) is 37.6 Å². The first-order valence-electron chi connectivity index (χ1n) is 8.12. The number of nitrogens with one attached hydrogen (secondary N) is 1. The van der Waals surface area contributed by atoms with Gasteiger partial charge < -0.3 is 15.1 Å². The number of aromatic nitrogens is 1. The van der Waals surface area contributed by atoms with Crippen molar-refractivity contribution in [2.24, 2.45) is 0 Å². The van der Waals surface area contributed by atoms with Gasteiger partial charge in [-0.05, 0) is 24.3 Å². The van der Waals surface area contributed by atoms with E-state index >= 15 is 0 Å². The number of para-hydroxylation sites is 1. The SMILES string of the molecule is O=C(CNCc1ccccn1)N1CCN(c2ccccc2F)CC1. The van der Waals surface area contributed by atoms with Crippen molar-refractivity contribution in [3.63, 3.8) is 0 Å². The highest BCUT2D eigenvalue weighted by atomic mass is 19.1. The molecule has 0 radical (unpaired) electrons. The molecule has 5 nitrogen and oxygen atoms in total. The van der Waals surface area contributed by atoms with Gasteiger partial charge in [0.1, 0.15) is 5.82 Å². The van der Waals surface area contributed by atoms with Gasteiger partial charge in [0, 0.05) is 38.9 Å². The maximum absolute atomic E-state index is 13.8. The predicted molar refractivity (Wildman–Crippen MR) is 91.1 cm³/mol. The van der Waals surface area contributed by atoms with Crippen LogP contribution in [0.3, 0.4) is 0 Å². The molecular formula is C18H21FN4O. The summed E-state index contributed by atoms with van der Waals surface area (Å²) in [5.41, 5.74) is 1.52. The van der Waals surface area contributed by atoms with E-state index in [0.29, 0.717) is 38.4 Å². The molecule has 0 saturated carbocycles. The maximum atomic E-state index is 13.8. The molecule has 0 aliphatic carbocycles. The van der Waals surface area contributed by atoms with Crippen molar-refractivity contribution in [3.8, 4) is 0 Å². The van der Waals surface area contributed by atoms with Gasteiger partial charge in [-0.2, -0.15) is 0 Å². The Balaban J connectivity index is 1.44. The smallest absolute Gasteiger partial charge is 0.236 e. The summed E-state index contributed by atoms with van der Waals surface area (Å²) in [5.74, 6) is -0.145. The van der Waals surface area contributed by atoms with Crippen molar-refractivity contribution >= 4 is 11.6 Å². The second-order valence-corrected chi connectivity index (χ2v) is 5.74. The molecule has 126 valence electrons. The maximum Gasteiger partial charge on any atom is 0.236 e. The van der Waals surface area contributed by atoms with Crippen LogP contribution in [0.1, 0.15) is 5.69 Å².